The first kappa shape index (κ1) is 23.1. The molecule has 6 rings (SSSR count). The summed E-state index contributed by atoms with van der Waals surface area (Å²) in [4.78, 5) is 2.33. The number of aliphatic hydroxyl groups is 3. The summed E-state index contributed by atoms with van der Waals surface area (Å²) in [5.74, 6) is -0.231. The first-order valence-corrected chi connectivity index (χ1v) is 12.7. The van der Waals surface area contributed by atoms with Gasteiger partial charge in [-0.15, -0.1) is 0 Å². The van der Waals surface area contributed by atoms with E-state index in [1.165, 1.54) is 0 Å². The molecule has 188 valence electrons. The lowest BCUT2D eigenvalue weighted by molar-refractivity contribution is -0.318. The molecule has 8 heteroatoms. The SMILES string of the molecule is CCN1C[C@]2(COC)CC[C@H](O)[C@]34C5C[C@H]6[C@H](OC)C5[C@](O)(C[C@H]6OC)[C@](O)([C@H]13)[C@@H](OC)C24. The quantitative estimate of drug-likeness (QED) is 0.512. The van der Waals surface area contributed by atoms with Crippen LogP contribution < -0.4 is 0 Å². The Morgan fingerprint density at radius 1 is 1.06 bits per heavy atom. The van der Waals surface area contributed by atoms with Crippen molar-refractivity contribution in [1.82, 2.24) is 4.90 Å². The van der Waals surface area contributed by atoms with Crippen LogP contribution in [-0.2, 0) is 18.9 Å². The summed E-state index contributed by atoms with van der Waals surface area (Å²) >= 11 is 0. The monoisotopic (exact) mass is 467 g/mol. The minimum atomic E-state index is -1.55. The van der Waals surface area contributed by atoms with E-state index in [0.717, 1.165) is 25.9 Å². The van der Waals surface area contributed by atoms with Crippen molar-refractivity contribution in [2.75, 3.05) is 48.1 Å². The molecule has 0 aromatic rings. The summed E-state index contributed by atoms with van der Waals surface area (Å²) < 4.78 is 24.0. The lowest BCUT2D eigenvalue weighted by Gasteiger charge is -2.69. The molecular weight excluding hydrogens is 426 g/mol. The van der Waals surface area contributed by atoms with Crippen LogP contribution in [0.15, 0.2) is 0 Å². The standard InChI is InChI=1S/C25H41NO7/c1-6-26-11-22(12-30-2)8-7-16(27)24-14-9-13-15(31-3)10-23(28,17(14)18(13)32-4)25(29,21(24)26)20(33-5)19(22)24/h13-21,27-29H,6-12H2,1-5H3/t13-,14?,15-,16+,17?,18+,19?,20+,21-,22+,23-,24+,25-/m1/s1. The second kappa shape index (κ2) is 7.13. The Kier molecular flexibility index (Phi) is 4.99. The van der Waals surface area contributed by atoms with Gasteiger partial charge in [-0.3, -0.25) is 4.90 Å². The third kappa shape index (κ3) is 2.20. The fourth-order valence-corrected chi connectivity index (χ4v) is 11.0. The highest BCUT2D eigenvalue weighted by Crippen LogP contribution is 2.80. The zero-order chi connectivity index (χ0) is 23.6. The number of aliphatic hydroxyl groups excluding tert-OH is 1. The minimum Gasteiger partial charge on any atom is -0.392 e. The number of methoxy groups -OCH3 is 4. The number of ether oxygens (including phenoxy) is 4. The van der Waals surface area contributed by atoms with E-state index in [2.05, 4.69) is 11.8 Å². The molecule has 0 aromatic carbocycles. The molecule has 33 heavy (non-hydrogen) atoms. The van der Waals surface area contributed by atoms with Gasteiger partial charge in [0, 0.05) is 70.0 Å². The summed E-state index contributed by atoms with van der Waals surface area (Å²) in [6, 6.07) is -0.386. The second-order valence-corrected chi connectivity index (χ2v) is 11.9. The molecule has 7 bridgehead atoms. The first-order chi connectivity index (χ1) is 15.8. The molecule has 13 atom stereocenters. The first-order valence-electron chi connectivity index (χ1n) is 12.7. The summed E-state index contributed by atoms with van der Waals surface area (Å²) in [6.07, 6.45) is 1.06. The van der Waals surface area contributed by atoms with Gasteiger partial charge < -0.3 is 34.3 Å². The lowest BCUT2D eigenvalue weighted by atomic mass is 9.42. The van der Waals surface area contributed by atoms with Gasteiger partial charge in [-0.2, -0.15) is 0 Å². The summed E-state index contributed by atoms with van der Waals surface area (Å²) in [5, 5.41) is 37.6. The van der Waals surface area contributed by atoms with E-state index in [4.69, 9.17) is 18.9 Å². The number of fused-ring (bicyclic) bond motifs is 2. The number of likely N-dealkylation sites (N-methyl/N-ethyl adjacent to an activating group) is 1. The molecule has 5 aliphatic carbocycles. The molecule has 3 N–H and O–H groups in total. The van der Waals surface area contributed by atoms with Crippen LogP contribution in [0.5, 0.6) is 0 Å². The van der Waals surface area contributed by atoms with Crippen LogP contribution >= 0.6 is 0 Å². The van der Waals surface area contributed by atoms with Gasteiger partial charge in [0.05, 0.1) is 37.1 Å². The molecule has 5 saturated carbocycles. The van der Waals surface area contributed by atoms with Crippen molar-refractivity contribution < 1.29 is 34.3 Å². The van der Waals surface area contributed by atoms with Gasteiger partial charge in [0.1, 0.15) is 11.2 Å². The zero-order valence-electron chi connectivity index (χ0n) is 20.6. The predicted octanol–water partition coefficient (Wildman–Crippen LogP) is 0.271. The van der Waals surface area contributed by atoms with Crippen molar-refractivity contribution in [1.29, 1.82) is 0 Å². The fourth-order valence-electron chi connectivity index (χ4n) is 11.0. The Morgan fingerprint density at radius 2 is 1.82 bits per heavy atom. The predicted molar refractivity (Wildman–Crippen MR) is 119 cm³/mol. The fraction of sp³-hybridized carbons (Fsp3) is 1.00. The molecular formula is C25H41NO7. The van der Waals surface area contributed by atoms with E-state index >= 15 is 0 Å². The third-order valence-electron chi connectivity index (χ3n) is 11.5. The Labute approximate surface area is 196 Å². The number of hydrogen-bond donors (Lipinski definition) is 3. The highest BCUT2D eigenvalue weighted by atomic mass is 16.5. The van der Waals surface area contributed by atoms with Gasteiger partial charge in [-0.1, -0.05) is 6.92 Å². The van der Waals surface area contributed by atoms with Gasteiger partial charge in [-0.25, -0.2) is 0 Å². The average Bonchev–Trinajstić information content (AvgIpc) is 3.22. The van der Waals surface area contributed by atoms with E-state index < -0.39 is 28.8 Å². The van der Waals surface area contributed by atoms with Crippen molar-refractivity contribution in [3.05, 3.63) is 0 Å². The van der Waals surface area contributed by atoms with E-state index in [-0.39, 0.29) is 47.3 Å². The third-order valence-corrected chi connectivity index (χ3v) is 11.5. The van der Waals surface area contributed by atoms with Gasteiger partial charge in [0.2, 0.25) is 0 Å². The number of rotatable bonds is 6. The number of likely N-dealkylation sites (tertiary alicyclic amines) is 1. The number of hydrogen-bond acceptors (Lipinski definition) is 8. The summed E-state index contributed by atoms with van der Waals surface area (Å²) in [7, 11) is 6.79. The molecule has 1 saturated heterocycles. The molecule has 8 nitrogen and oxygen atoms in total. The summed E-state index contributed by atoms with van der Waals surface area (Å²) in [6.45, 7) is 4.18. The van der Waals surface area contributed by atoms with E-state index in [1.54, 1.807) is 28.4 Å². The highest BCUT2D eigenvalue weighted by molar-refractivity contribution is 5.41. The molecule has 6 fully saturated rings. The number of piperidine rings is 1. The normalized spacial score (nSPS) is 60.9. The van der Waals surface area contributed by atoms with E-state index in [1.807, 2.05) is 0 Å². The van der Waals surface area contributed by atoms with E-state index in [0.29, 0.717) is 19.4 Å². The van der Waals surface area contributed by atoms with Gasteiger partial charge in [-0.05, 0) is 31.7 Å². The van der Waals surface area contributed by atoms with Crippen LogP contribution in [0.2, 0.25) is 0 Å². The Bertz CT molecular complexity index is 814. The molecule has 1 heterocycles. The maximum absolute atomic E-state index is 12.9. The zero-order valence-corrected chi connectivity index (χ0v) is 20.6. The van der Waals surface area contributed by atoms with Crippen LogP contribution in [0.1, 0.15) is 32.6 Å². The average molecular weight is 468 g/mol. The van der Waals surface area contributed by atoms with E-state index in [9.17, 15) is 15.3 Å². The summed E-state index contributed by atoms with van der Waals surface area (Å²) in [5.41, 5.74) is -3.82. The topological polar surface area (TPSA) is 101 Å². The molecule has 3 unspecified atom stereocenters. The van der Waals surface area contributed by atoms with Crippen LogP contribution in [0.4, 0.5) is 0 Å². The van der Waals surface area contributed by atoms with Gasteiger partial charge in [0.15, 0.2) is 0 Å². The van der Waals surface area contributed by atoms with Crippen molar-refractivity contribution in [2.24, 2.45) is 34.5 Å². The molecule has 0 radical (unpaired) electrons. The highest BCUT2D eigenvalue weighted by Gasteiger charge is 2.91. The maximum atomic E-state index is 12.9. The molecule has 1 spiro atoms. The Hall–Kier alpha value is -0.320. The largest absolute Gasteiger partial charge is 0.392 e. The van der Waals surface area contributed by atoms with Crippen molar-refractivity contribution in [3.63, 3.8) is 0 Å². The van der Waals surface area contributed by atoms with Gasteiger partial charge >= 0.3 is 0 Å². The van der Waals surface area contributed by atoms with Gasteiger partial charge in [0.25, 0.3) is 0 Å². The Balaban J connectivity index is 1.67. The smallest absolute Gasteiger partial charge is 0.136 e. The minimum absolute atomic E-state index is 0.00825. The molecule has 6 aliphatic rings. The maximum Gasteiger partial charge on any atom is 0.136 e. The van der Waals surface area contributed by atoms with Crippen molar-refractivity contribution >= 4 is 0 Å². The van der Waals surface area contributed by atoms with Crippen molar-refractivity contribution in [3.8, 4) is 0 Å². The van der Waals surface area contributed by atoms with Crippen LogP contribution in [0, 0.1) is 34.5 Å². The Morgan fingerprint density at radius 3 is 2.42 bits per heavy atom. The number of nitrogens with zero attached hydrogens (tertiary/aromatic N) is 1. The van der Waals surface area contributed by atoms with Crippen LogP contribution in [0.3, 0.4) is 0 Å². The molecule has 0 aromatic heterocycles. The van der Waals surface area contributed by atoms with Crippen LogP contribution in [0.25, 0.3) is 0 Å². The van der Waals surface area contributed by atoms with Crippen LogP contribution in [-0.4, -0.2) is 110 Å². The molecule has 1 aliphatic heterocycles. The lowest BCUT2D eigenvalue weighted by Crippen LogP contribution is -2.82. The van der Waals surface area contributed by atoms with Crippen molar-refractivity contribution in [2.45, 2.75) is 74.3 Å². The molecule has 0 amide bonds. The second-order valence-electron chi connectivity index (χ2n) is 11.9.